The van der Waals surface area contributed by atoms with Crippen LogP contribution >= 0.6 is 0 Å². The summed E-state index contributed by atoms with van der Waals surface area (Å²) in [6.07, 6.45) is 13.7. The second-order valence-corrected chi connectivity index (χ2v) is 13.2. The van der Waals surface area contributed by atoms with E-state index in [0.29, 0.717) is 0 Å². The average Bonchev–Trinajstić information content (AvgIpc) is 3.33. The highest BCUT2D eigenvalue weighted by Gasteiger charge is 2.23. The Morgan fingerprint density at radius 2 is 0.959 bits per heavy atom. The number of benzene rings is 8. The van der Waals surface area contributed by atoms with Crippen LogP contribution in [0.5, 0.6) is 0 Å². The summed E-state index contributed by atoms with van der Waals surface area (Å²) in [4.78, 5) is 2.44. The molecule has 8 aromatic carbocycles. The zero-order valence-electron chi connectivity index (χ0n) is 27.1. The second kappa shape index (κ2) is 11.2. The number of anilines is 2. The van der Waals surface area contributed by atoms with Crippen molar-refractivity contribution in [2.45, 2.75) is 12.8 Å². The lowest BCUT2D eigenvalue weighted by Gasteiger charge is -2.29. The molecule has 230 valence electrons. The van der Waals surface area contributed by atoms with Crippen LogP contribution in [-0.2, 0) is 0 Å². The fraction of sp³-hybridized carbons (Fsp3) is 0.0417. The molecule has 10 rings (SSSR count). The Morgan fingerprint density at radius 3 is 1.69 bits per heavy atom. The highest BCUT2D eigenvalue weighted by atomic mass is 15.2. The number of allylic oxidation sites excluding steroid dienone is 3. The minimum atomic E-state index is 1.06. The van der Waals surface area contributed by atoms with Gasteiger partial charge in [0, 0.05) is 5.70 Å². The maximum atomic E-state index is 2.44. The lowest BCUT2D eigenvalue weighted by Crippen LogP contribution is -2.17. The van der Waals surface area contributed by atoms with Gasteiger partial charge in [-0.3, -0.25) is 0 Å². The van der Waals surface area contributed by atoms with E-state index in [2.05, 4.69) is 181 Å². The Balaban J connectivity index is 1.20. The van der Waals surface area contributed by atoms with Gasteiger partial charge in [-0.1, -0.05) is 146 Å². The highest BCUT2D eigenvalue weighted by Crippen LogP contribution is 2.47. The largest absolute Gasteiger partial charge is 0.310 e. The Hall–Kier alpha value is -6.18. The number of hydrogen-bond acceptors (Lipinski definition) is 1. The van der Waals surface area contributed by atoms with Crippen molar-refractivity contribution in [2.24, 2.45) is 0 Å². The van der Waals surface area contributed by atoms with Crippen LogP contribution in [0.3, 0.4) is 0 Å². The summed E-state index contributed by atoms with van der Waals surface area (Å²) in [5.74, 6) is 0. The quantitative estimate of drug-likeness (QED) is 0.140. The summed E-state index contributed by atoms with van der Waals surface area (Å²) in [6, 6.07) is 53.9. The zero-order valence-corrected chi connectivity index (χ0v) is 27.1. The molecule has 1 aliphatic heterocycles. The Labute approximate surface area is 286 Å². The van der Waals surface area contributed by atoms with Gasteiger partial charge in [0.2, 0.25) is 0 Å². The standard InChI is InChI=1S/C48H33N/c1-2-14-38(15-3-1)49-45-21-11-5-13-33(45)23-25-35-31-37(27-29-46(35)49)48-43-19-9-7-17-41(43)47(42-18-8-10-20-44(42)48)36-26-28-40-34(30-36)24-22-32-12-4-6-16-39(32)40/h2,4-31H,1,3H2. The van der Waals surface area contributed by atoms with Crippen LogP contribution in [0.4, 0.5) is 11.4 Å². The Kier molecular flexibility index (Phi) is 6.38. The third kappa shape index (κ3) is 4.47. The molecule has 0 unspecified atom stereocenters. The van der Waals surface area contributed by atoms with E-state index in [-0.39, 0.29) is 0 Å². The summed E-state index contributed by atoms with van der Waals surface area (Å²) in [6.45, 7) is 0. The van der Waals surface area contributed by atoms with Crippen LogP contribution in [-0.4, -0.2) is 0 Å². The molecule has 2 aliphatic rings. The van der Waals surface area contributed by atoms with Gasteiger partial charge in [-0.05, 0) is 120 Å². The molecule has 49 heavy (non-hydrogen) atoms. The van der Waals surface area contributed by atoms with E-state index in [1.54, 1.807) is 0 Å². The number of hydrogen-bond donors (Lipinski definition) is 0. The van der Waals surface area contributed by atoms with E-state index in [4.69, 9.17) is 0 Å². The molecular weight excluding hydrogens is 591 g/mol. The lowest BCUT2D eigenvalue weighted by molar-refractivity contribution is 0.997. The van der Waals surface area contributed by atoms with Gasteiger partial charge in [0.15, 0.2) is 0 Å². The van der Waals surface area contributed by atoms with Crippen LogP contribution < -0.4 is 4.90 Å². The monoisotopic (exact) mass is 623 g/mol. The molecule has 0 saturated carbocycles. The summed E-state index contributed by atoms with van der Waals surface area (Å²) in [7, 11) is 0. The van der Waals surface area contributed by atoms with Gasteiger partial charge in [0.05, 0.1) is 11.4 Å². The molecule has 0 spiro atoms. The molecule has 0 aromatic heterocycles. The van der Waals surface area contributed by atoms with Crippen molar-refractivity contribution in [1.82, 2.24) is 0 Å². The van der Waals surface area contributed by atoms with Gasteiger partial charge in [0.1, 0.15) is 0 Å². The van der Waals surface area contributed by atoms with Gasteiger partial charge >= 0.3 is 0 Å². The molecule has 1 aliphatic carbocycles. The van der Waals surface area contributed by atoms with E-state index < -0.39 is 0 Å². The molecule has 0 radical (unpaired) electrons. The smallest absolute Gasteiger partial charge is 0.0534 e. The summed E-state index contributed by atoms with van der Waals surface area (Å²) < 4.78 is 0. The minimum absolute atomic E-state index is 1.06. The van der Waals surface area contributed by atoms with Crippen LogP contribution in [0.15, 0.2) is 170 Å². The van der Waals surface area contributed by atoms with Crippen molar-refractivity contribution >= 4 is 66.6 Å². The van der Waals surface area contributed by atoms with Gasteiger partial charge in [-0.15, -0.1) is 0 Å². The third-order valence-electron chi connectivity index (χ3n) is 10.4. The first-order valence-electron chi connectivity index (χ1n) is 17.3. The van der Waals surface area contributed by atoms with E-state index >= 15 is 0 Å². The molecule has 8 aromatic rings. The SMILES string of the molecule is C1=CC(N2c3ccccc3C=Cc3cc(-c4c5ccccc5c(-c5ccc6c(ccc7ccccc76)c5)c5ccccc45)ccc32)=CCC1. The first-order valence-corrected chi connectivity index (χ1v) is 17.3. The Morgan fingerprint density at radius 1 is 0.388 bits per heavy atom. The molecule has 0 bridgehead atoms. The third-order valence-corrected chi connectivity index (χ3v) is 10.4. The molecule has 0 atom stereocenters. The molecule has 1 heterocycles. The maximum absolute atomic E-state index is 2.44. The molecular formula is C48H33N. The first-order chi connectivity index (χ1) is 24.3. The van der Waals surface area contributed by atoms with Crippen molar-refractivity contribution in [3.05, 3.63) is 181 Å². The molecule has 0 amide bonds. The van der Waals surface area contributed by atoms with E-state index in [1.807, 2.05) is 0 Å². The number of fused-ring (bicyclic) bond motifs is 7. The van der Waals surface area contributed by atoms with Crippen molar-refractivity contribution in [1.29, 1.82) is 0 Å². The van der Waals surface area contributed by atoms with Crippen LogP contribution in [0.2, 0.25) is 0 Å². The van der Waals surface area contributed by atoms with Crippen molar-refractivity contribution in [3.8, 4) is 22.3 Å². The fourth-order valence-corrected chi connectivity index (χ4v) is 8.15. The summed E-state index contributed by atoms with van der Waals surface area (Å²) in [5.41, 5.74) is 11.1. The lowest BCUT2D eigenvalue weighted by atomic mass is 9.85. The second-order valence-electron chi connectivity index (χ2n) is 13.2. The van der Waals surface area contributed by atoms with Crippen LogP contribution in [0.25, 0.3) is 77.5 Å². The van der Waals surface area contributed by atoms with Crippen LogP contribution in [0, 0.1) is 0 Å². The topological polar surface area (TPSA) is 3.24 Å². The van der Waals surface area contributed by atoms with Gasteiger partial charge in [-0.2, -0.15) is 0 Å². The minimum Gasteiger partial charge on any atom is -0.310 e. The van der Waals surface area contributed by atoms with Gasteiger partial charge < -0.3 is 4.90 Å². The number of para-hydroxylation sites is 1. The summed E-state index contributed by atoms with van der Waals surface area (Å²) in [5, 5.41) is 10.2. The Bertz CT molecular complexity index is 2670. The number of rotatable bonds is 3. The molecule has 0 saturated heterocycles. The van der Waals surface area contributed by atoms with E-state index in [0.717, 1.165) is 12.8 Å². The van der Waals surface area contributed by atoms with Crippen molar-refractivity contribution in [3.63, 3.8) is 0 Å². The highest BCUT2D eigenvalue weighted by molar-refractivity contribution is 6.22. The zero-order chi connectivity index (χ0) is 32.3. The predicted molar refractivity (Wildman–Crippen MR) is 211 cm³/mol. The van der Waals surface area contributed by atoms with E-state index in [1.165, 1.54) is 93.5 Å². The van der Waals surface area contributed by atoms with Gasteiger partial charge in [-0.25, -0.2) is 0 Å². The fourth-order valence-electron chi connectivity index (χ4n) is 8.15. The first kappa shape index (κ1) is 27.9. The van der Waals surface area contributed by atoms with E-state index in [9.17, 15) is 0 Å². The van der Waals surface area contributed by atoms with Gasteiger partial charge in [0.25, 0.3) is 0 Å². The molecule has 1 nitrogen and oxygen atoms in total. The molecule has 0 fully saturated rings. The molecule has 0 N–H and O–H groups in total. The van der Waals surface area contributed by atoms with Crippen molar-refractivity contribution < 1.29 is 0 Å². The van der Waals surface area contributed by atoms with Crippen LogP contribution in [0.1, 0.15) is 24.0 Å². The average molecular weight is 624 g/mol. The number of nitrogens with zero attached hydrogens (tertiary/aromatic N) is 1. The predicted octanol–water partition coefficient (Wildman–Crippen LogP) is 13.5. The van der Waals surface area contributed by atoms with Crippen molar-refractivity contribution in [2.75, 3.05) is 4.90 Å². The molecule has 1 heteroatoms. The maximum Gasteiger partial charge on any atom is 0.0534 e. The normalized spacial score (nSPS) is 13.9. The summed E-state index contributed by atoms with van der Waals surface area (Å²) >= 11 is 0.